The molecule has 0 unspecified atom stereocenters. The molecule has 0 saturated heterocycles. The summed E-state index contributed by atoms with van der Waals surface area (Å²) in [5.41, 5.74) is -0.507. The number of carbonyl (C=O) groups is 1. The first kappa shape index (κ1) is 19.5. The molecule has 0 aliphatic heterocycles. The van der Waals surface area contributed by atoms with Crippen LogP contribution in [0.25, 0.3) is 0 Å². The van der Waals surface area contributed by atoms with Crippen molar-refractivity contribution in [3.05, 3.63) is 17.9 Å². The van der Waals surface area contributed by atoms with Crippen molar-refractivity contribution in [2.24, 2.45) is 0 Å². The quantitative estimate of drug-likeness (QED) is 0.610. The summed E-state index contributed by atoms with van der Waals surface area (Å²) in [7, 11) is -2.22. The number of sulfonamides is 1. The zero-order valence-corrected chi connectivity index (χ0v) is 14.7. The number of rotatable bonds is 8. The van der Waals surface area contributed by atoms with Crippen molar-refractivity contribution in [2.75, 3.05) is 20.1 Å². The average molecular weight is 347 g/mol. The molecule has 1 aromatic rings. The van der Waals surface area contributed by atoms with E-state index >= 15 is 0 Å². The first-order valence-corrected chi connectivity index (χ1v) is 8.82. The van der Waals surface area contributed by atoms with Gasteiger partial charge in [0.1, 0.15) is 11.4 Å². The first-order valence-electron chi connectivity index (χ1n) is 7.34. The molecule has 0 fully saturated rings. The molecule has 9 heteroatoms. The van der Waals surface area contributed by atoms with Crippen molar-refractivity contribution in [1.82, 2.24) is 15.4 Å². The molecule has 3 N–H and O–H groups in total. The molecule has 23 heavy (non-hydrogen) atoms. The van der Waals surface area contributed by atoms with E-state index in [1.165, 1.54) is 13.1 Å². The zero-order chi connectivity index (χ0) is 17.5. The number of hydrogen-bond acceptors (Lipinski definition) is 6. The maximum atomic E-state index is 11.5. The fraction of sp³-hybridized carbons (Fsp3) is 0.643. The molecule has 0 bridgehead atoms. The van der Waals surface area contributed by atoms with Crippen molar-refractivity contribution in [3.8, 4) is 0 Å². The van der Waals surface area contributed by atoms with Crippen molar-refractivity contribution in [3.63, 3.8) is 0 Å². The van der Waals surface area contributed by atoms with Crippen LogP contribution < -0.4 is 15.4 Å². The Kier molecular flexibility index (Phi) is 7.04. The topological polar surface area (TPSA) is 110 Å². The van der Waals surface area contributed by atoms with Crippen LogP contribution in [0.1, 0.15) is 33.0 Å². The van der Waals surface area contributed by atoms with Gasteiger partial charge in [-0.3, -0.25) is 0 Å². The number of hydrogen-bond donors (Lipinski definition) is 3. The van der Waals surface area contributed by atoms with Gasteiger partial charge in [-0.1, -0.05) is 0 Å². The molecule has 0 atom stereocenters. The standard InChI is InChI=1S/C14H25N3O5S/c1-14(2,3)22-13(18)17-9-5-8-16-10-11-6-7-12(21-11)23(19,20)15-4/h6-7,15-16H,5,8-10H2,1-4H3,(H,17,18). The van der Waals surface area contributed by atoms with Gasteiger partial charge < -0.3 is 19.8 Å². The number of alkyl carbamates (subject to hydrolysis) is 1. The van der Waals surface area contributed by atoms with Crippen LogP contribution in [0.15, 0.2) is 21.6 Å². The van der Waals surface area contributed by atoms with Crippen LogP contribution in [-0.2, 0) is 21.3 Å². The van der Waals surface area contributed by atoms with Gasteiger partial charge in [-0.25, -0.2) is 17.9 Å². The highest BCUT2D eigenvalue weighted by Gasteiger charge is 2.16. The predicted octanol–water partition coefficient (Wildman–Crippen LogP) is 1.19. The Hall–Kier alpha value is -1.58. The Balaban J connectivity index is 2.20. The minimum Gasteiger partial charge on any atom is -0.447 e. The van der Waals surface area contributed by atoms with Gasteiger partial charge in [0.25, 0.3) is 10.0 Å². The number of ether oxygens (including phenoxy) is 1. The maximum absolute atomic E-state index is 11.5. The van der Waals surface area contributed by atoms with E-state index in [0.29, 0.717) is 31.8 Å². The number of amides is 1. The number of carbonyl (C=O) groups excluding carboxylic acids is 1. The normalized spacial score (nSPS) is 12.2. The van der Waals surface area contributed by atoms with E-state index in [2.05, 4.69) is 15.4 Å². The van der Waals surface area contributed by atoms with Crippen LogP contribution in [0.5, 0.6) is 0 Å². The van der Waals surface area contributed by atoms with E-state index in [-0.39, 0.29) is 5.09 Å². The van der Waals surface area contributed by atoms with Crippen molar-refractivity contribution in [1.29, 1.82) is 0 Å². The lowest BCUT2D eigenvalue weighted by molar-refractivity contribution is 0.0527. The SMILES string of the molecule is CNS(=O)(=O)c1ccc(CNCCCNC(=O)OC(C)(C)C)o1. The fourth-order valence-electron chi connectivity index (χ4n) is 1.63. The third-order valence-corrected chi connectivity index (χ3v) is 3.95. The molecule has 1 heterocycles. The summed E-state index contributed by atoms with van der Waals surface area (Å²) in [6.45, 7) is 6.95. The second-order valence-corrected chi connectivity index (χ2v) is 7.70. The molecule has 0 radical (unpaired) electrons. The summed E-state index contributed by atoms with van der Waals surface area (Å²) in [5.74, 6) is 0.527. The summed E-state index contributed by atoms with van der Waals surface area (Å²) in [5, 5.41) is 5.65. The van der Waals surface area contributed by atoms with Gasteiger partial charge in [0.2, 0.25) is 5.09 Å². The van der Waals surface area contributed by atoms with Crippen LogP contribution in [0, 0.1) is 0 Å². The first-order chi connectivity index (χ1) is 10.6. The predicted molar refractivity (Wildman–Crippen MR) is 85.5 cm³/mol. The molecule has 0 spiro atoms. The number of nitrogens with one attached hydrogen (secondary N) is 3. The van der Waals surface area contributed by atoms with Crippen molar-refractivity contribution < 1.29 is 22.4 Å². The van der Waals surface area contributed by atoms with E-state index in [4.69, 9.17) is 9.15 Å². The minimum absolute atomic E-state index is 0.108. The monoisotopic (exact) mass is 347 g/mol. The molecular formula is C14H25N3O5S. The molecule has 0 aliphatic carbocycles. The van der Waals surface area contributed by atoms with Crippen LogP contribution in [0.2, 0.25) is 0 Å². The summed E-state index contributed by atoms with van der Waals surface area (Å²) in [6, 6.07) is 3.02. The van der Waals surface area contributed by atoms with Gasteiger partial charge in [-0.15, -0.1) is 0 Å². The van der Waals surface area contributed by atoms with E-state index in [1.807, 2.05) is 0 Å². The summed E-state index contributed by atoms with van der Waals surface area (Å²) in [6.07, 6.45) is 0.271. The Labute approximate surface area is 137 Å². The Morgan fingerprint density at radius 1 is 1.26 bits per heavy atom. The molecular weight excluding hydrogens is 322 g/mol. The van der Waals surface area contributed by atoms with E-state index in [9.17, 15) is 13.2 Å². The third kappa shape index (κ3) is 7.49. The minimum atomic E-state index is -3.55. The summed E-state index contributed by atoms with van der Waals surface area (Å²) >= 11 is 0. The van der Waals surface area contributed by atoms with Crippen LogP contribution in [-0.4, -0.2) is 40.2 Å². The lowest BCUT2D eigenvalue weighted by Crippen LogP contribution is -2.33. The van der Waals surface area contributed by atoms with Crippen LogP contribution in [0.3, 0.4) is 0 Å². The Morgan fingerprint density at radius 2 is 1.96 bits per heavy atom. The highest BCUT2D eigenvalue weighted by atomic mass is 32.2. The number of furan rings is 1. The zero-order valence-electron chi connectivity index (χ0n) is 13.9. The maximum Gasteiger partial charge on any atom is 0.407 e. The molecule has 1 aromatic heterocycles. The molecule has 1 amide bonds. The average Bonchev–Trinajstić information content (AvgIpc) is 2.90. The van der Waals surface area contributed by atoms with Gasteiger partial charge in [-0.05, 0) is 52.9 Å². The second kappa shape index (κ2) is 8.32. The summed E-state index contributed by atoms with van der Waals surface area (Å²) < 4.78 is 35.6. The summed E-state index contributed by atoms with van der Waals surface area (Å²) in [4.78, 5) is 11.4. The lowest BCUT2D eigenvalue weighted by atomic mass is 10.2. The van der Waals surface area contributed by atoms with E-state index in [1.54, 1.807) is 26.8 Å². The second-order valence-electron chi connectivity index (χ2n) is 5.89. The molecule has 1 rings (SSSR count). The lowest BCUT2D eigenvalue weighted by Gasteiger charge is -2.19. The largest absolute Gasteiger partial charge is 0.447 e. The highest BCUT2D eigenvalue weighted by molar-refractivity contribution is 7.89. The van der Waals surface area contributed by atoms with Crippen LogP contribution >= 0.6 is 0 Å². The smallest absolute Gasteiger partial charge is 0.407 e. The van der Waals surface area contributed by atoms with Crippen LogP contribution in [0.4, 0.5) is 4.79 Å². The fourth-order valence-corrected chi connectivity index (χ4v) is 2.29. The van der Waals surface area contributed by atoms with E-state index < -0.39 is 21.7 Å². The third-order valence-electron chi connectivity index (χ3n) is 2.67. The van der Waals surface area contributed by atoms with Crippen molar-refractivity contribution >= 4 is 16.1 Å². The molecule has 0 saturated carbocycles. The molecule has 132 valence electrons. The van der Waals surface area contributed by atoms with Gasteiger partial charge in [0, 0.05) is 6.54 Å². The van der Waals surface area contributed by atoms with E-state index in [0.717, 1.165) is 0 Å². The van der Waals surface area contributed by atoms with Gasteiger partial charge in [0.15, 0.2) is 0 Å². The van der Waals surface area contributed by atoms with Gasteiger partial charge in [-0.2, -0.15) is 0 Å². The van der Waals surface area contributed by atoms with Gasteiger partial charge >= 0.3 is 6.09 Å². The molecule has 8 nitrogen and oxygen atoms in total. The molecule has 0 aliphatic rings. The Morgan fingerprint density at radius 3 is 2.57 bits per heavy atom. The van der Waals surface area contributed by atoms with Crippen molar-refractivity contribution in [2.45, 2.75) is 44.4 Å². The van der Waals surface area contributed by atoms with Gasteiger partial charge in [0.05, 0.1) is 6.54 Å². The Bertz CT molecular complexity index is 604. The molecule has 0 aromatic carbocycles. The highest BCUT2D eigenvalue weighted by Crippen LogP contribution is 2.13.